The molecule has 0 amide bonds. The van der Waals surface area contributed by atoms with Gasteiger partial charge in [-0.3, -0.25) is 9.69 Å². The summed E-state index contributed by atoms with van der Waals surface area (Å²) in [5.74, 6) is 0.292. The fraction of sp³-hybridized carbons (Fsp3) is 0.562. The van der Waals surface area contributed by atoms with E-state index in [-0.39, 0.29) is 5.54 Å². The van der Waals surface area contributed by atoms with Crippen LogP contribution in [0.25, 0.3) is 0 Å². The van der Waals surface area contributed by atoms with E-state index in [0.717, 1.165) is 42.8 Å². The Hall–Kier alpha value is -0.710. The van der Waals surface area contributed by atoms with Crippen LogP contribution in [0.3, 0.4) is 0 Å². The lowest BCUT2D eigenvalue weighted by Crippen LogP contribution is -2.56. The zero-order valence-corrected chi connectivity index (χ0v) is 13.8. The topological polar surface area (TPSA) is 29.5 Å². The second kappa shape index (κ2) is 6.83. The van der Waals surface area contributed by atoms with E-state index < -0.39 is 0 Å². The molecule has 0 aromatic heterocycles. The van der Waals surface area contributed by atoms with E-state index in [1.54, 1.807) is 0 Å². The number of ether oxygens (including phenoxy) is 1. The van der Waals surface area contributed by atoms with Crippen LogP contribution in [0.15, 0.2) is 28.7 Å². The van der Waals surface area contributed by atoms with Crippen molar-refractivity contribution in [1.29, 1.82) is 0 Å². The lowest BCUT2D eigenvalue weighted by molar-refractivity contribution is -0.133. The third-order valence-corrected chi connectivity index (χ3v) is 4.75. The van der Waals surface area contributed by atoms with Crippen molar-refractivity contribution in [1.82, 2.24) is 4.90 Å². The molecule has 4 heteroatoms. The van der Waals surface area contributed by atoms with Gasteiger partial charge in [0, 0.05) is 24.0 Å². The van der Waals surface area contributed by atoms with Gasteiger partial charge >= 0.3 is 0 Å². The van der Waals surface area contributed by atoms with Gasteiger partial charge in [0.05, 0.1) is 18.8 Å². The van der Waals surface area contributed by atoms with E-state index in [1.807, 2.05) is 24.3 Å². The van der Waals surface area contributed by atoms with E-state index in [2.05, 4.69) is 34.7 Å². The Morgan fingerprint density at radius 1 is 1.40 bits per heavy atom. The molecule has 1 atom stereocenters. The van der Waals surface area contributed by atoms with Gasteiger partial charge in [0.15, 0.2) is 5.78 Å². The highest BCUT2D eigenvalue weighted by Gasteiger charge is 2.37. The molecule has 1 aliphatic rings. The standard InChI is InChI=1S/C16H22BrNO2/c1-3-16(2,18-7-9-20-10-8-18)15(19)12-13-5-4-6-14(17)11-13/h4-6,11H,3,7-10,12H2,1-2H3. The molecule has 110 valence electrons. The molecule has 0 radical (unpaired) electrons. The number of carbonyl (C=O) groups is 1. The fourth-order valence-corrected chi connectivity index (χ4v) is 3.12. The quantitative estimate of drug-likeness (QED) is 0.825. The largest absolute Gasteiger partial charge is 0.379 e. The highest BCUT2D eigenvalue weighted by atomic mass is 79.9. The number of benzene rings is 1. The van der Waals surface area contributed by atoms with E-state index >= 15 is 0 Å². The summed E-state index contributed by atoms with van der Waals surface area (Å²) in [6, 6.07) is 7.99. The molecule has 0 aliphatic carbocycles. The van der Waals surface area contributed by atoms with Crippen LogP contribution in [0.2, 0.25) is 0 Å². The summed E-state index contributed by atoms with van der Waals surface area (Å²) in [7, 11) is 0. The van der Waals surface area contributed by atoms with Crippen LogP contribution in [-0.2, 0) is 16.0 Å². The molecular formula is C16H22BrNO2. The highest BCUT2D eigenvalue weighted by Crippen LogP contribution is 2.24. The Labute approximate surface area is 129 Å². The first-order chi connectivity index (χ1) is 9.56. The Morgan fingerprint density at radius 3 is 2.70 bits per heavy atom. The Bertz CT molecular complexity index is 471. The molecule has 1 aromatic rings. The Morgan fingerprint density at radius 2 is 2.10 bits per heavy atom. The number of morpholine rings is 1. The Kier molecular flexibility index (Phi) is 5.35. The molecule has 0 N–H and O–H groups in total. The van der Waals surface area contributed by atoms with Crippen molar-refractivity contribution in [3.63, 3.8) is 0 Å². The minimum absolute atomic E-state index is 0.292. The van der Waals surface area contributed by atoms with Gasteiger partial charge < -0.3 is 4.74 Å². The monoisotopic (exact) mass is 339 g/mol. The predicted molar refractivity (Wildman–Crippen MR) is 83.9 cm³/mol. The maximum atomic E-state index is 12.8. The van der Waals surface area contributed by atoms with E-state index in [9.17, 15) is 4.79 Å². The summed E-state index contributed by atoms with van der Waals surface area (Å²) in [4.78, 5) is 15.1. The molecule has 1 aliphatic heterocycles. The summed E-state index contributed by atoms with van der Waals surface area (Å²) >= 11 is 3.46. The van der Waals surface area contributed by atoms with Gasteiger partial charge in [-0.15, -0.1) is 0 Å². The van der Waals surface area contributed by atoms with Gasteiger partial charge in [0.1, 0.15) is 0 Å². The molecule has 2 rings (SSSR count). The normalized spacial score (nSPS) is 19.6. The fourth-order valence-electron chi connectivity index (χ4n) is 2.68. The number of ketones is 1. The molecule has 0 saturated carbocycles. The number of carbonyl (C=O) groups excluding carboxylic acids is 1. The summed E-state index contributed by atoms with van der Waals surface area (Å²) < 4.78 is 6.41. The zero-order chi connectivity index (χ0) is 14.6. The van der Waals surface area contributed by atoms with Crippen LogP contribution in [0.1, 0.15) is 25.8 Å². The molecule has 0 bridgehead atoms. The van der Waals surface area contributed by atoms with Crippen LogP contribution < -0.4 is 0 Å². The second-order valence-electron chi connectivity index (χ2n) is 5.46. The van der Waals surface area contributed by atoms with E-state index in [4.69, 9.17) is 4.74 Å². The van der Waals surface area contributed by atoms with Gasteiger partial charge in [-0.2, -0.15) is 0 Å². The molecule has 1 fully saturated rings. The third kappa shape index (κ3) is 3.48. The van der Waals surface area contributed by atoms with Gasteiger partial charge in [-0.05, 0) is 31.0 Å². The first-order valence-corrected chi connectivity index (χ1v) is 7.96. The van der Waals surface area contributed by atoms with Gasteiger partial charge in [-0.25, -0.2) is 0 Å². The second-order valence-corrected chi connectivity index (χ2v) is 6.37. The summed E-state index contributed by atoms with van der Waals surface area (Å²) in [5.41, 5.74) is 0.684. The van der Waals surface area contributed by atoms with Crippen LogP contribution in [0.4, 0.5) is 0 Å². The molecule has 3 nitrogen and oxygen atoms in total. The van der Waals surface area contributed by atoms with Crippen molar-refractivity contribution < 1.29 is 9.53 Å². The molecule has 1 unspecified atom stereocenters. The SMILES string of the molecule is CCC(C)(C(=O)Cc1cccc(Br)c1)N1CCOCC1. The van der Waals surface area contributed by atoms with Crippen molar-refractivity contribution in [2.45, 2.75) is 32.2 Å². The summed E-state index contributed by atoms with van der Waals surface area (Å²) in [6.45, 7) is 7.29. The van der Waals surface area contributed by atoms with E-state index in [0.29, 0.717) is 12.2 Å². The number of hydrogen-bond acceptors (Lipinski definition) is 3. The molecule has 0 spiro atoms. The molecule has 1 heterocycles. The summed E-state index contributed by atoms with van der Waals surface area (Å²) in [5, 5.41) is 0. The van der Waals surface area contributed by atoms with Gasteiger partial charge in [0.25, 0.3) is 0 Å². The number of rotatable bonds is 5. The number of Topliss-reactive ketones (excluding diaryl/α,β-unsaturated/α-hetero) is 1. The van der Waals surface area contributed by atoms with Crippen molar-refractivity contribution in [2.24, 2.45) is 0 Å². The molecular weight excluding hydrogens is 318 g/mol. The predicted octanol–water partition coefficient (Wildman–Crippen LogP) is 3.06. The summed E-state index contributed by atoms with van der Waals surface area (Å²) in [6.07, 6.45) is 1.32. The molecule has 20 heavy (non-hydrogen) atoms. The molecule has 1 saturated heterocycles. The number of hydrogen-bond donors (Lipinski definition) is 0. The van der Waals surface area contributed by atoms with Crippen LogP contribution in [-0.4, -0.2) is 42.5 Å². The minimum Gasteiger partial charge on any atom is -0.379 e. The van der Waals surface area contributed by atoms with Crippen LogP contribution >= 0.6 is 15.9 Å². The first-order valence-electron chi connectivity index (χ1n) is 7.17. The van der Waals surface area contributed by atoms with Crippen molar-refractivity contribution in [3.8, 4) is 0 Å². The Balaban J connectivity index is 2.11. The maximum absolute atomic E-state index is 12.8. The molecule has 1 aromatic carbocycles. The zero-order valence-electron chi connectivity index (χ0n) is 12.2. The third-order valence-electron chi connectivity index (χ3n) is 4.25. The van der Waals surface area contributed by atoms with Crippen LogP contribution in [0, 0.1) is 0 Å². The van der Waals surface area contributed by atoms with Gasteiger partial charge in [-0.1, -0.05) is 35.0 Å². The lowest BCUT2D eigenvalue weighted by Gasteiger charge is -2.41. The lowest BCUT2D eigenvalue weighted by atomic mass is 9.87. The number of halogens is 1. The van der Waals surface area contributed by atoms with Crippen molar-refractivity contribution in [2.75, 3.05) is 26.3 Å². The average Bonchev–Trinajstić information content (AvgIpc) is 2.47. The maximum Gasteiger partial charge on any atom is 0.157 e. The number of nitrogens with zero attached hydrogens (tertiary/aromatic N) is 1. The average molecular weight is 340 g/mol. The first kappa shape index (κ1) is 15.7. The smallest absolute Gasteiger partial charge is 0.157 e. The van der Waals surface area contributed by atoms with Crippen molar-refractivity contribution >= 4 is 21.7 Å². The van der Waals surface area contributed by atoms with Gasteiger partial charge in [0.2, 0.25) is 0 Å². The van der Waals surface area contributed by atoms with Crippen molar-refractivity contribution in [3.05, 3.63) is 34.3 Å². The minimum atomic E-state index is -0.383. The highest BCUT2D eigenvalue weighted by molar-refractivity contribution is 9.10. The van der Waals surface area contributed by atoms with Crippen LogP contribution in [0.5, 0.6) is 0 Å². The van der Waals surface area contributed by atoms with E-state index in [1.165, 1.54) is 0 Å².